The Hall–Kier alpha value is -1.58. The summed E-state index contributed by atoms with van der Waals surface area (Å²) in [7, 11) is 0. The zero-order chi connectivity index (χ0) is 16.3. The Morgan fingerprint density at radius 1 is 1.27 bits per heavy atom. The summed E-state index contributed by atoms with van der Waals surface area (Å²) in [6, 6.07) is 8.75. The van der Waals surface area contributed by atoms with Gasteiger partial charge in [-0.15, -0.1) is 0 Å². The smallest absolute Gasteiger partial charge is 0.293 e. The van der Waals surface area contributed by atoms with Gasteiger partial charge in [0.25, 0.3) is 5.91 Å². The van der Waals surface area contributed by atoms with Crippen LogP contribution in [0.25, 0.3) is 0 Å². The molecule has 0 fully saturated rings. The monoisotopic (exact) mass is 337 g/mol. The Bertz CT molecular complexity index is 701. The molecule has 0 spiro atoms. The first-order valence-corrected chi connectivity index (χ1v) is 7.94. The number of rotatable bonds is 4. The van der Waals surface area contributed by atoms with E-state index in [2.05, 4.69) is 18.3 Å². The number of hydrogen-bond acceptors (Lipinski definition) is 1. The molecule has 0 unspecified atom stereocenters. The summed E-state index contributed by atoms with van der Waals surface area (Å²) in [5.74, 6) is -0.134. The highest BCUT2D eigenvalue weighted by atomic mass is 35.5. The molecule has 2 aromatic rings. The first-order chi connectivity index (χ1) is 10.4. The van der Waals surface area contributed by atoms with E-state index in [9.17, 15) is 4.79 Å². The van der Waals surface area contributed by atoms with E-state index in [0.717, 1.165) is 12.1 Å². The highest BCUT2D eigenvalue weighted by molar-refractivity contribution is 6.35. The van der Waals surface area contributed by atoms with E-state index < -0.39 is 0 Å². The molecule has 3 nitrogen and oxygen atoms in total. The van der Waals surface area contributed by atoms with Crippen LogP contribution in [0.3, 0.4) is 0 Å². The average Bonchev–Trinajstić information content (AvgIpc) is 2.50. The minimum Gasteiger partial charge on any atom is -0.319 e. The van der Waals surface area contributed by atoms with Crippen molar-refractivity contribution in [2.24, 2.45) is 0 Å². The van der Waals surface area contributed by atoms with E-state index in [1.807, 2.05) is 30.7 Å². The van der Waals surface area contributed by atoms with Gasteiger partial charge in [0.05, 0.1) is 10.7 Å². The van der Waals surface area contributed by atoms with Crippen molar-refractivity contribution in [3.05, 3.63) is 57.8 Å². The zero-order valence-electron chi connectivity index (χ0n) is 12.9. The van der Waals surface area contributed by atoms with Crippen LogP contribution in [0, 0.1) is 6.92 Å². The molecule has 0 aliphatic heterocycles. The number of pyridine rings is 1. The first-order valence-electron chi connectivity index (χ1n) is 7.19. The number of nitrogens with zero attached hydrogens (tertiary/aromatic N) is 1. The molecular weight excluding hydrogens is 319 g/mol. The predicted octanol–water partition coefficient (Wildman–Crippen LogP) is 4.35. The fraction of sp³-hybridized carbons (Fsp3) is 0.294. The average molecular weight is 338 g/mol. The minimum atomic E-state index is -0.346. The van der Waals surface area contributed by atoms with Gasteiger partial charge in [-0.2, -0.15) is 4.57 Å². The minimum absolute atomic E-state index is 0.134. The number of benzene rings is 1. The molecule has 0 aliphatic carbocycles. The van der Waals surface area contributed by atoms with E-state index in [-0.39, 0.29) is 11.9 Å². The quantitative estimate of drug-likeness (QED) is 0.826. The third kappa shape index (κ3) is 3.79. The van der Waals surface area contributed by atoms with Gasteiger partial charge in [0.1, 0.15) is 0 Å². The molecule has 116 valence electrons. The number of hydrogen-bond donors (Lipinski definition) is 1. The summed E-state index contributed by atoms with van der Waals surface area (Å²) in [5.41, 5.74) is 2.74. The van der Waals surface area contributed by atoms with Crippen molar-refractivity contribution < 1.29 is 9.36 Å². The van der Waals surface area contributed by atoms with Crippen LogP contribution in [-0.2, 0) is 11.2 Å². The molecule has 1 atom stereocenters. The van der Waals surface area contributed by atoms with E-state index in [1.54, 1.807) is 18.2 Å². The maximum Gasteiger partial charge on any atom is 0.293 e. The van der Waals surface area contributed by atoms with Crippen LogP contribution in [-0.4, -0.2) is 5.91 Å². The lowest BCUT2D eigenvalue weighted by molar-refractivity contribution is -0.711. The lowest BCUT2D eigenvalue weighted by atomic mass is 10.1. The molecule has 0 aliphatic rings. The van der Waals surface area contributed by atoms with Crippen LogP contribution in [0.15, 0.2) is 36.5 Å². The molecule has 1 aromatic carbocycles. The molecule has 22 heavy (non-hydrogen) atoms. The summed E-state index contributed by atoms with van der Waals surface area (Å²) in [6.07, 6.45) is 2.94. The van der Waals surface area contributed by atoms with Gasteiger partial charge in [0.15, 0.2) is 11.9 Å². The molecule has 1 N–H and O–H groups in total. The molecule has 0 radical (unpaired) electrons. The second-order valence-corrected chi connectivity index (χ2v) is 6.07. The number of nitrogens with one attached hydrogen (secondary N) is 1. The molecule has 2 rings (SSSR count). The van der Waals surface area contributed by atoms with Crippen LogP contribution in [0.1, 0.15) is 31.1 Å². The fourth-order valence-corrected chi connectivity index (χ4v) is 2.56. The second kappa shape index (κ2) is 7.12. The SMILES string of the molecule is CCc1ccc(C)[n+]([C@@H](C)C(=O)Nc2cc(Cl)ccc2Cl)c1. The first kappa shape index (κ1) is 16.8. The van der Waals surface area contributed by atoms with Crippen molar-refractivity contribution in [2.75, 3.05) is 5.32 Å². The largest absolute Gasteiger partial charge is 0.319 e. The van der Waals surface area contributed by atoms with Crippen LogP contribution >= 0.6 is 23.2 Å². The summed E-state index contributed by atoms with van der Waals surface area (Å²) >= 11 is 12.0. The Kier molecular flexibility index (Phi) is 5.43. The Labute approximate surface area is 140 Å². The Balaban J connectivity index is 2.24. The summed E-state index contributed by atoms with van der Waals surface area (Å²) in [6.45, 7) is 5.93. The van der Waals surface area contributed by atoms with E-state index in [1.165, 1.54) is 5.56 Å². The Morgan fingerprint density at radius 2 is 2.00 bits per heavy atom. The lowest BCUT2D eigenvalue weighted by Crippen LogP contribution is -2.47. The number of aryl methyl sites for hydroxylation is 2. The zero-order valence-corrected chi connectivity index (χ0v) is 14.4. The van der Waals surface area contributed by atoms with Gasteiger partial charge < -0.3 is 5.32 Å². The van der Waals surface area contributed by atoms with Crippen molar-refractivity contribution in [2.45, 2.75) is 33.2 Å². The van der Waals surface area contributed by atoms with E-state index in [0.29, 0.717) is 15.7 Å². The Morgan fingerprint density at radius 3 is 2.68 bits per heavy atom. The highest BCUT2D eigenvalue weighted by Gasteiger charge is 2.25. The van der Waals surface area contributed by atoms with Gasteiger partial charge in [-0.3, -0.25) is 4.79 Å². The highest BCUT2D eigenvalue weighted by Crippen LogP contribution is 2.25. The summed E-state index contributed by atoms with van der Waals surface area (Å²) in [5, 5.41) is 3.84. The normalized spacial score (nSPS) is 12.0. The maximum atomic E-state index is 12.5. The topological polar surface area (TPSA) is 33.0 Å². The summed E-state index contributed by atoms with van der Waals surface area (Å²) in [4.78, 5) is 12.5. The molecule has 0 saturated heterocycles. The number of carbonyl (C=O) groups excluding carboxylic acids is 1. The predicted molar refractivity (Wildman–Crippen MR) is 90.6 cm³/mol. The lowest BCUT2D eigenvalue weighted by Gasteiger charge is -2.12. The van der Waals surface area contributed by atoms with Gasteiger partial charge in [0.2, 0.25) is 6.04 Å². The van der Waals surface area contributed by atoms with Gasteiger partial charge in [-0.1, -0.05) is 30.1 Å². The van der Waals surface area contributed by atoms with Crippen molar-refractivity contribution in [1.82, 2.24) is 0 Å². The van der Waals surface area contributed by atoms with Gasteiger partial charge in [0, 0.05) is 30.5 Å². The van der Waals surface area contributed by atoms with Gasteiger partial charge >= 0.3 is 0 Å². The van der Waals surface area contributed by atoms with Gasteiger partial charge in [-0.25, -0.2) is 0 Å². The van der Waals surface area contributed by atoms with Crippen molar-refractivity contribution in [1.29, 1.82) is 0 Å². The van der Waals surface area contributed by atoms with Crippen molar-refractivity contribution in [3.8, 4) is 0 Å². The number of halogens is 2. The van der Waals surface area contributed by atoms with Crippen LogP contribution in [0.4, 0.5) is 5.69 Å². The van der Waals surface area contributed by atoms with Crippen LogP contribution < -0.4 is 9.88 Å². The molecule has 1 heterocycles. The van der Waals surface area contributed by atoms with Gasteiger partial charge in [-0.05, 0) is 30.7 Å². The molecule has 1 amide bonds. The van der Waals surface area contributed by atoms with Crippen LogP contribution in [0.2, 0.25) is 10.0 Å². The molecular formula is C17H19Cl2N2O+. The number of carbonyl (C=O) groups is 1. The maximum absolute atomic E-state index is 12.5. The third-order valence-electron chi connectivity index (χ3n) is 3.64. The number of amides is 1. The van der Waals surface area contributed by atoms with E-state index >= 15 is 0 Å². The van der Waals surface area contributed by atoms with Crippen LogP contribution in [0.5, 0.6) is 0 Å². The van der Waals surface area contributed by atoms with Crippen molar-refractivity contribution in [3.63, 3.8) is 0 Å². The second-order valence-electron chi connectivity index (χ2n) is 5.23. The standard InChI is InChI=1S/C17H18Cl2N2O/c1-4-13-6-5-11(2)21(10-13)12(3)17(22)20-16-9-14(18)7-8-15(16)19/h5-10,12H,4H2,1-3H3/p+1/t12-/m0/s1. The van der Waals surface area contributed by atoms with Crippen molar-refractivity contribution >= 4 is 34.8 Å². The molecule has 0 saturated carbocycles. The number of aromatic nitrogens is 1. The van der Waals surface area contributed by atoms with E-state index in [4.69, 9.17) is 23.2 Å². The number of anilines is 1. The molecule has 1 aromatic heterocycles. The fourth-order valence-electron chi connectivity index (χ4n) is 2.22. The molecule has 0 bridgehead atoms. The molecule has 5 heteroatoms. The summed E-state index contributed by atoms with van der Waals surface area (Å²) < 4.78 is 1.96. The third-order valence-corrected chi connectivity index (χ3v) is 4.21.